The summed E-state index contributed by atoms with van der Waals surface area (Å²) in [5, 5.41) is 4.47. The van der Waals surface area contributed by atoms with E-state index in [-0.39, 0.29) is 6.10 Å². The van der Waals surface area contributed by atoms with E-state index >= 15 is 0 Å². The van der Waals surface area contributed by atoms with E-state index in [4.69, 9.17) is 27.9 Å². The van der Waals surface area contributed by atoms with Crippen LogP contribution in [0.25, 0.3) is 0 Å². The van der Waals surface area contributed by atoms with E-state index in [0.717, 1.165) is 30.4 Å². The van der Waals surface area contributed by atoms with Gasteiger partial charge in [0, 0.05) is 17.1 Å². The molecule has 2 nitrogen and oxygen atoms in total. The highest BCUT2D eigenvalue weighted by atomic mass is 79.9. The summed E-state index contributed by atoms with van der Waals surface area (Å²) in [4.78, 5) is 0. The quantitative estimate of drug-likeness (QED) is 0.702. The smallest absolute Gasteiger partial charge is 0.139 e. The van der Waals surface area contributed by atoms with Crippen molar-refractivity contribution >= 4 is 39.1 Å². The normalized spacial score (nSPS) is 12.5. The monoisotopic (exact) mass is 353 g/mol. The zero-order valence-corrected chi connectivity index (χ0v) is 13.7. The second-order valence-corrected chi connectivity index (χ2v) is 5.70. The molecule has 1 unspecified atom stereocenters. The Balaban J connectivity index is 2.76. The van der Waals surface area contributed by atoms with Gasteiger partial charge in [0.1, 0.15) is 11.9 Å². The Morgan fingerprint density at radius 1 is 1.28 bits per heavy atom. The van der Waals surface area contributed by atoms with Gasteiger partial charge in [-0.05, 0) is 35.0 Å². The fraction of sp³-hybridized carbons (Fsp3) is 0.538. The molecule has 1 rings (SSSR count). The molecule has 1 N–H and O–H groups in total. The van der Waals surface area contributed by atoms with Crippen LogP contribution >= 0.6 is 39.1 Å². The van der Waals surface area contributed by atoms with Crippen LogP contribution in [0.15, 0.2) is 16.6 Å². The Hall–Kier alpha value is 0.0400. The van der Waals surface area contributed by atoms with Gasteiger partial charge in [-0.15, -0.1) is 0 Å². The zero-order valence-electron chi connectivity index (χ0n) is 10.6. The summed E-state index contributed by atoms with van der Waals surface area (Å²) in [6.45, 7) is 5.96. The first kappa shape index (κ1) is 16.1. The Morgan fingerprint density at radius 3 is 2.61 bits per heavy atom. The molecule has 5 heteroatoms. The third-order valence-electron chi connectivity index (χ3n) is 2.50. The van der Waals surface area contributed by atoms with Gasteiger partial charge in [-0.3, -0.25) is 0 Å². The maximum Gasteiger partial charge on any atom is 0.139 e. The minimum absolute atomic E-state index is 0.115. The van der Waals surface area contributed by atoms with E-state index < -0.39 is 0 Å². The van der Waals surface area contributed by atoms with Crippen LogP contribution < -0.4 is 10.1 Å². The number of halogens is 3. The van der Waals surface area contributed by atoms with Crippen molar-refractivity contribution in [1.82, 2.24) is 5.32 Å². The first-order valence-corrected chi connectivity index (χ1v) is 7.65. The molecule has 0 aliphatic rings. The van der Waals surface area contributed by atoms with Crippen molar-refractivity contribution in [3.05, 3.63) is 26.7 Å². The molecular formula is C13H18BrCl2NO. The predicted octanol–water partition coefficient (Wildman–Crippen LogP) is 4.91. The minimum Gasteiger partial charge on any atom is -0.487 e. The van der Waals surface area contributed by atoms with Crippen molar-refractivity contribution in [3.8, 4) is 5.75 Å². The van der Waals surface area contributed by atoms with Crippen LogP contribution in [0.1, 0.15) is 26.7 Å². The van der Waals surface area contributed by atoms with E-state index in [9.17, 15) is 0 Å². The highest BCUT2D eigenvalue weighted by Gasteiger charge is 2.13. The largest absolute Gasteiger partial charge is 0.487 e. The summed E-state index contributed by atoms with van der Waals surface area (Å²) in [5.41, 5.74) is 0. The first-order chi connectivity index (χ1) is 8.58. The number of rotatable bonds is 7. The third-order valence-corrected chi connectivity index (χ3v) is 3.99. The van der Waals surface area contributed by atoms with E-state index in [2.05, 4.69) is 35.1 Å². The van der Waals surface area contributed by atoms with Crippen molar-refractivity contribution in [2.24, 2.45) is 0 Å². The molecule has 0 radical (unpaired) electrons. The van der Waals surface area contributed by atoms with Gasteiger partial charge >= 0.3 is 0 Å². The summed E-state index contributed by atoms with van der Waals surface area (Å²) in [5.74, 6) is 0.640. The number of hydrogen-bond donors (Lipinski definition) is 1. The van der Waals surface area contributed by atoms with Crippen LogP contribution in [-0.4, -0.2) is 19.2 Å². The highest BCUT2D eigenvalue weighted by Crippen LogP contribution is 2.34. The Labute approximate surface area is 127 Å². The van der Waals surface area contributed by atoms with Crippen molar-refractivity contribution in [2.75, 3.05) is 13.1 Å². The summed E-state index contributed by atoms with van der Waals surface area (Å²) in [7, 11) is 0. The molecule has 0 aromatic heterocycles. The molecule has 0 aliphatic heterocycles. The van der Waals surface area contributed by atoms with Crippen molar-refractivity contribution in [2.45, 2.75) is 32.8 Å². The molecule has 0 saturated heterocycles. The van der Waals surface area contributed by atoms with Crippen molar-refractivity contribution < 1.29 is 4.74 Å². The van der Waals surface area contributed by atoms with Gasteiger partial charge in [-0.25, -0.2) is 0 Å². The second kappa shape index (κ2) is 8.26. The van der Waals surface area contributed by atoms with Gasteiger partial charge in [0.15, 0.2) is 0 Å². The lowest BCUT2D eigenvalue weighted by Crippen LogP contribution is -2.31. The van der Waals surface area contributed by atoms with Gasteiger partial charge in [0.25, 0.3) is 0 Å². The number of ether oxygens (including phenoxy) is 1. The molecule has 1 aromatic rings. The molecule has 0 spiro atoms. The average molecular weight is 355 g/mol. The van der Waals surface area contributed by atoms with Crippen LogP contribution in [-0.2, 0) is 0 Å². The fourth-order valence-electron chi connectivity index (χ4n) is 1.60. The third kappa shape index (κ3) is 4.96. The average Bonchev–Trinajstić information content (AvgIpc) is 2.33. The van der Waals surface area contributed by atoms with Gasteiger partial charge < -0.3 is 10.1 Å². The number of hydrogen-bond acceptors (Lipinski definition) is 2. The topological polar surface area (TPSA) is 21.3 Å². The molecule has 1 atom stereocenters. The summed E-state index contributed by atoms with van der Waals surface area (Å²) >= 11 is 15.5. The molecule has 0 bridgehead atoms. The molecule has 0 heterocycles. The lowest BCUT2D eigenvalue weighted by atomic mass is 10.2. The van der Waals surface area contributed by atoms with Crippen LogP contribution in [0.5, 0.6) is 5.75 Å². The number of benzene rings is 1. The first-order valence-electron chi connectivity index (χ1n) is 6.10. The zero-order chi connectivity index (χ0) is 13.5. The Morgan fingerprint density at radius 2 is 2.00 bits per heavy atom. The van der Waals surface area contributed by atoms with Crippen LogP contribution in [0, 0.1) is 0 Å². The van der Waals surface area contributed by atoms with Gasteiger partial charge in [0.05, 0.1) is 10.0 Å². The highest BCUT2D eigenvalue weighted by molar-refractivity contribution is 9.10. The summed E-state index contributed by atoms with van der Waals surface area (Å²) in [6, 6.07) is 3.51. The van der Waals surface area contributed by atoms with Crippen LogP contribution in [0.2, 0.25) is 10.0 Å². The molecule has 0 fully saturated rings. The summed E-state index contributed by atoms with van der Waals surface area (Å²) < 4.78 is 6.70. The maximum atomic E-state index is 6.15. The van der Waals surface area contributed by atoms with Gasteiger partial charge in [0.2, 0.25) is 0 Å². The molecule has 102 valence electrons. The number of nitrogens with one attached hydrogen (secondary N) is 1. The maximum absolute atomic E-state index is 6.15. The standard InChI is InChI=1S/C13H18BrCl2NO/c1-3-5-9(8-17-4-2)18-13-7-11(15)10(14)6-12(13)16/h6-7,9,17H,3-5,8H2,1-2H3. The molecule has 1 aromatic carbocycles. The Bertz CT molecular complexity index is 387. The number of likely N-dealkylation sites (N-methyl/N-ethyl adjacent to an activating group) is 1. The lowest BCUT2D eigenvalue weighted by Gasteiger charge is -2.20. The van der Waals surface area contributed by atoms with Crippen molar-refractivity contribution in [1.29, 1.82) is 0 Å². The molecule has 0 amide bonds. The molecule has 0 saturated carbocycles. The minimum atomic E-state index is 0.115. The SMILES string of the molecule is CCCC(CNCC)Oc1cc(Cl)c(Br)cc1Cl. The fourth-order valence-corrected chi connectivity index (χ4v) is 2.44. The molecule has 18 heavy (non-hydrogen) atoms. The summed E-state index contributed by atoms with van der Waals surface area (Å²) in [6.07, 6.45) is 2.17. The Kier molecular flexibility index (Phi) is 7.38. The van der Waals surface area contributed by atoms with E-state index in [1.807, 2.05) is 0 Å². The second-order valence-electron chi connectivity index (χ2n) is 4.03. The van der Waals surface area contributed by atoms with Crippen LogP contribution in [0.3, 0.4) is 0 Å². The lowest BCUT2D eigenvalue weighted by molar-refractivity contribution is 0.187. The molecule has 0 aliphatic carbocycles. The van der Waals surface area contributed by atoms with E-state index in [1.165, 1.54) is 0 Å². The van der Waals surface area contributed by atoms with Crippen molar-refractivity contribution in [3.63, 3.8) is 0 Å². The van der Waals surface area contributed by atoms with E-state index in [0.29, 0.717) is 15.8 Å². The predicted molar refractivity (Wildman–Crippen MR) is 82.0 cm³/mol. The van der Waals surface area contributed by atoms with Gasteiger partial charge in [-0.1, -0.05) is 43.5 Å². The van der Waals surface area contributed by atoms with Gasteiger partial charge in [-0.2, -0.15) is 0 Å². The van der Waals surface area contributed by atoms with Crippen LogP contribution in [0.4, 0.5) is 0 Å². The van der Waals surface area contributed by atoms with E-state index in [1.54, 1.807) is 12.1 Å². The molecular weight excluding hydrogens is 337 g/mol.